The molecule has 0 bridgehead atoms. The van der Waals surface area contributed by atoms with Crippen LogP contribution in [-0.4, -0.2) is 104 Å². The molecule has 1 rings (SSSR count). The molecular weight excluding hydrogens is 492 g/mol. The summed E-state index contributed by atoms with van der Waals surface area (Å²) >= 11 is 0. The zero-order valence-corrected chi connectivity index (χ0v) is 24.4. The first kappa shape index (κ1) is 35.7. The van der Waals surface area contributed by atoms with E-state index in [0.29, 0.717) is 39.6 Å². The van der Waals surface area contributed by atoms with E-state index in [-0.39, 0.29) is 6.61 Å². The van der Waals surface area contributed by atoms with Crippen molar-refractivity contribution in [1.82, 2.24) is 0 Å². The molecule has 1 saturated heterocycles. The molecule has 0 amide bonds. The molecule has 0 spiro atoms. The average Bonchev–Trinajstić information content (AvgIpc) is 2.92. The molecule has 9 nitrogen and oxygen atoms in total. The maximum atomic E-state index is 10.5. The Morgan fingerprint density at radius 3 is 1.42 bits per heavy atom. The molecule has 0 aromatic carbocycles. The van der Waals surface area contributed by atoms with Crippen molar-refractivity contribution in [2.45, 2.75) is 129 Å². The van der Waals surface area contributed by atoms with E-state index in [4.69, 9.17) is 23.7 Å². The highest BCUT2D eigenvalue weighted by Crippen LogP contribution is 2.27. The van der Waals surface area contributed by atoms with Crippen LogP contribution in [0.5, 0.6) is 0 Å². The molecular formula is C29H58O9. The van der Waals surface area contributed by atoms with Gasteiger partial charge >= 0.3 is 0 Å². The quantitative estimate of drug-likeness (QED) is 0.126. The molecule has 1 aliphatic rings. The molecule has 0 aliphatic carbocycles. The molecule has 1 aliphatic heterocycles. The van der Waals surface area contributed by atoms with E-state index in [2.05, 4.69) is 20.8 Å². The minimum Gasteiger partial charge on any atom is -0.394 e. The van der Waals surface area contributed by atoms with Crippen molar-refractivity contribution in [3.8, 4) is 0 Å². The third-order valence-electron chi connectivity index (χ3n) is 7.05. The van der Waals surface area contributed by atoms with Crippen molar-refractivity contribution in [2.75, 3.05) is 52.9 Å². The fourth-order valence-electron chi connectivity index (χ4n) is 4.47. The molecule has 4 N–H and O–H groups in total. The molecule has 0 aromatic heterocycles. The summed E-state index contributed by atoms with van der Waals surface area (Å²) in [6.45, 7) is 9.13. The lowest BCUT2D eigenvalue weighted by atomic mass is 9.91. The topological polar surface area (TPSA) is 127 Å². The van der Waals surface area contributed by atoms with Gasteiger partial charge in [-0.15, -0.1) is 0 Å². The van der Waals surface area contributed by atoms with Gasteiger partial charge in [-0.25, -0.2) is 0 Å². The molecule has 0 unspecified atom stereocenters. The molecule has 1 heterocycles. The number of ether oxygens (including phenoxy) is 5. The Kier molecular flexibility index (Phi) is 21.0. The van der Waals surface area contributed by atoms with Gasteiger partial charge in [0.2, 0.25) is 0 Å². The largest absolute Gasteiger partial charge is 0.394 e. The van der Waals surface area contributed by atoms with Crippen molar-refractivity contribution < 1.29 is 44.1 Å². The molecule has 9 heteroatoms. The third-order valence-corrected chi connectivity index (χ3v) is 7.05. The second kappa shape index (κ2) is 22.3. The molecule has 38 heavy (non-hydrogen) atoms. The van der Waals surface area contributed by atoms with Crippen LogP contribution in [0, 0.1) is 5.41 Å². The average molecular weight is 551 g/mol. The van der Waals surface area contributed by atoms with E-state index in [0.717, 1.165) is 57.8 Å². The Morgan fingerprint density at radius 2 is 1.03 bits per heavy atom. The van der Waals surface area contributed by atoms with Gasteiger partial charge in [-0.2, -0.15) is 0 Å². The molecule has 228 valence electrons. The summed E-state index contributed by atoms with van der Waals surface area (Å²) in [6, 6.07) is 0. The zero-order valence-electron chi connectivity index (χ0n) is 24.4. The lowest BCUT2D eigenvalue weighted by Crippen LogP contribution is -2.59. The summed E-state index contributed by atoms with van der Waals surface area (Å²) in [5.74, 6) is 0. The van der Waals surface area contributed by atoms with E-state index in [1.807, 2.05) is 0 Å². The molecule has 0 radical (unpaired) electrons. The van der Waals surface area contributed by atoms with Gasteiger partial charge in [0, 0.05) is 19.8 Å². The van der Waals surface area contributed by atoms with Crippen molar-refractivity contribution in [3.63, 3.8) is 0 Å². The summed E-state index contributed by atoms with van der Waals surface area (Å²) in [5, 5.41) is 40.3. The van der Waals surface area contributed by atoms with Crippen LogP contribution in [0.2, 0.25) is 0 Å². The summed E-state index contributed by atoms with van der Waals surface area (Å²) in [6.07, 6.45) is 6.71. The van der Waals surface area contributed by atoms with Crippen LogP contribution >= 0.6 is 0 Å². The Bertz CT molecular complexity index is 493. The number of rotatable bonds is 25. The van der Waals surface area contributed by atoms with Gasteiger partial charge in [0.05, 0.1) is 38.4 Å². The molecule has 1 fully saturated rings. The Labute approximate surface area is 231 Å². The molecule has 5 atom stereocenters. The van der Waals surface area contributed by atoms with Crippen molar-refractivity contribution in [3.05, 3.63) is 0 Å². The van der Waals surface area contributed by atoms with E-state index < -0.39 is 42.7 Å². The standard InChI is InChI=1S/C29H58O9/c1-4-7-10-13-16-34-20-29(21-35-17-14-11-8-5-2,22-36-18-15-12-9-6-3)23-37-28-27(33)26(32)25(31)24(19-30)38-28/h24-28,30-33H,4-23H2,1-3H3/t24-,25+,26+,27-,28-/m1/s1. The normalized spacial score (nSPS) is 24.2. The second-order valence-electron chi connectivity index (χ2n) is 10.8. The number of aliphatic hydroxyl groups excluding tert-OH is 4. The minimum absolute atomic E-state index is 0.106. The minimum atomic E-state index is -1.49. The number of aliphatic hydroxyl groups is 4. The maximum Gasteiger partial charge on any atom is 0.186 e. The van der Waals surface area contributed by atoms with Crippen LogP contribution < -0.4 is 0 Å². The Balaban J connectivity index is 2.87. The lowest BCUT2D eigenvalue weighted by Gasteiger charge is -2.41. The van der Waals surface area contributed by atoms with Gasteiger partial charge in [-0.3, -0.25) is 0 Å². The van der Waals surface area contributed by atoms with Crippen LogP contribution in [0.4, 0.5) is 0 Å². The highest BCUT2D eigenvalue weighted by Gasteiger charge is 2.45. The van der Waals surface area contributed by atoms with Gasteiger partial charge in [0.15, 0.2) is 6.29 Å². The Hall–Kier alpha value is -0.360. The van der Waals surface area contributed by atoms with Gasteiger partial charge < -0.3 is 44.1 Å². The molecule has 0 aromatic rings. The second-order valence-corrected chi connectivity index (χ2v) is 10.8. The zero-order chi connectivity index (χ0) is 28.1. The highest BCUT2D eigenvalue weighted by atomic mass is 16.7. The predicted octanol–water partition coefficient (Wildman–Crippen LogP) is 3.58. The summed E-state index contributed by atoms with van der Waals surface area (Å²) < 4.78 is 29.9. The van der Waals surface area contributed by atoms with E-state index in [9.17, 15) is 20.4 Å². The fraction of sp³-hybridized carbons (Fsp3) is 1.00. The highest BCUT2D eigenvalue weighted by molar-refractivity contribution is 4.89. The van der Waals surface area contributed by atoms with Crippen LogP contribution in [0.1, 0.15) is 97.8 Å². The smallest absolute Gasteiger partial charge is 0.186 e. The summed E-state index contributed by atoms with van der Waals surface area (Å²) in [7, 11) is 0. The number of hydrogen-bond donors (Lipinski definition) is 4. The fourth-order valence-corrected chi connectivity index (χ4v) is 4.47. The third kappa shape index (κ3) is 14.3. The first-order chi connectivity index (χ1) is 18.4. The van der Waals surface area contributed by atoms with E-state index in [1.54, 1.807) is 0 Å². The van der Waals surface area contributed by atoms with Gasteiger partial charge in [0.25, 0.3) is 0 Å². The SMILES string of the molecule is CCCCCCOCC(COCCCCCC)(COCCCCCC)CO[C@@H]1O[C@H](CO)[C@H](O)[C@H](O)[C@H]1O. The summed E-state index contributed by atoms with van der Waals surface area (Å²) in [5.41, 5.74) is -0.640. The van der Waals surface area contributed by atoms with Crippen LogP contribution in [-0.2, 0) is 23.7 Å². The lowest BCUT2D eigenvalue weighted by molar-refractivity contribution is -0.309. The first-order valence-corrected chi connectivity index (χ1v) is 15.1. The number of unbranched alkanes of at least 4 members (excludes halogenated alkanes) is 9. The maximum absolute atomic E-state index is 10.5. The van der Waals surface area contributed by atoms with Gasteiger partial charge in [0.1, 0.15) is 24.4 Å². The van der Waals surface area contributed by atoms with Gasteiger partial charge in [-0.05, 0) is 19.3 Å². The van der Waals surface area contributed by atoms with Crippen LogP contribution in [0.15, 0.2) is 0 Å². The first-order valence-electron chi connectivity index (χ1n) is 15.1. The van der Waals surface area contributed by atoms with Crippen molar-refractivity contribution in [2.24, 2.45) is 5.41 Å². The number of hydrogen-bond acceptors (Lipinski definition) is 9. The van der Waals surface area contributed by atoms with Crippen LogP contribution in [0.25, 0.3) is 0 Å². The predicted molar refractivity (Wildman–Crippen MR) is 147 cm³/mol. The van der Waals surface area contributed by atoms with Gasteiger partial charge in [-0.1, -0.05) is 78.6 Å². The Morgan fingerprint density at radius 1 is 0.579 bits per heavy atom. The van der Waals surface area contributed by atoms with E-state index >= 15 is 0 Å². The van der Waals surface area contributed by atoms with Crippen LogP contribution in [0.3, 0.4) is 0 Å². The van der Waals surface area contributed by atoms with Crippen molar-refractivity contribution >= 4 is 0 Å². The monoisotopic (exact) mass is 550 g/mol. The summed E-state index contributed by atoms with van der Waals surface area (Å²) in [4.78, 5) is 0. The van der Waals surface area contributed by atoms with Crippen molar-refractivity contribution in [1.29, 1.82) is 0 Å². The van der Waals surface area contributed by atoms with E-state index in [1.165, 1.54) is 19.3 Å². The molecule has 0 saturated carbocycles.